The fourth-order valence-electron chi connectivity index (χ4n) is 4.75. The number of ether oxygens (including phenoxy) is 1. The van der Waals surface area contributed by atoms with Crippen molar-refractivity contribution in [3.63, 3.8) is 0 Å². The highest BCUT2D eigenvalue weighted by Crippen LogP contribution is 2.34. The van der Waals surface area contributed by atoms with E-state index in [9.17, 15) is 14.4 Å². The third kappa shape index (κ3) is 6.80. The molecule has 2 N–H and O–H groups in total. The molecule has 1 aliphatic carbocycles. The van der Waals surface area contributed by atoms with Gasteiger partial charge in [-0.2, -0.15) is 0 Å². The summed E-state index contributed by atoms with van der Waals surface area (Å²) in [5.41, 5.74) is 4.93. The van der Waals surface area contributed by atoms with Gasteiger partial charge in [0, 0.05) is 50.1 Å². The van der Waals surface area contributed by atoms with E-state index in [1.165, 1.54) is 0 Å². The van der Waals surface area contributed by atoms with E-state index in [-0.39, 0.29) is 30.7 Å². The van der Waals surface area contributed by atoms with Crippen molar-refractivity contribution in [3.8, 4) is 11.1 Å². The Balaban J connectivity index is 1.41. The quantitative estimate of drug-likeness (QED) is 0.408. The molecule has 2 aliphatic rings. The summed E-state index contributed by atoms with van der Waals surface area (Å²) in [6.07, 6.45) is 4.83. The van der Waals surface area contributed by atoms with Crippen LogP contribution in [-0.2, 0) is 20.9 Å². The lowest BCUT2D eigenvalue weighted by Gasteiger charge is -2.31. The van der Waals surface area contributed by atoms with Crippen LogP contribution in [0.4, 0.5) is 11.4 Å². The van der Waals surface area contributed by atoms with Crippen molar-refractivity contribution in [1.82, 2.24) is 9.88 Å². The number of morpholine rings is 1. The van der Waals surface area contributed by atoms with Gasteiger partial charge < -0.3 is 25.0 Å². The van der Waals surface area contributed by atoms with Crippen LogP contribution in [0, 0.1) is 5.92 Å². The summed E-state index contributed by atoms with van der Waals surface area (Å²) in [5.74, 6) is -1.09. The Morgan fingerprint density at radius 3 is 2.46 bits per heavy atom. The van der Waals surface area contributed by atoms with Crippen molar-refractivity contribution in [2.24, 2.45) is 5.92 Å². The number of benzene rings is 2. The third-order valence-electron chi connectivity index (χ3n) is 7.01. The average Bonchev–Trinajstić information content (AvgIpc) is 3.82. The average molecular weight is 529 g/mol. The molecule has 202 valence electrons. The molecular formula is C30H32N4O5. The van der Waals surface area contributed by atoms with Gasteiger partial charge in [-0.25, -0.2) is 0 Å². The first kappa shape index (κ1) is 26.4. The molecule has 2 fully saturated rings. The van der Waals surface area contributed by atoms with Gasteiger partial charge in [0.1, 0.15) is 0 Å². The van der Waals surface area contributed by atoms with Crippen LogP contribution in [0.5, 0.6) is 0 Å². The number of carboxylic acid groups (broad SMARTS) is 1. The predicted molar refractivity (Wildman–Crippen MR) is 147 cm³/mol. The van der Waals surface area contributed by atoms with E-state index in [4.69, 9.17) is 9.84 Å². The highest BCUT2D eigenvalue weighted by molar-refractivity contribution is 6.06. The summed E-state index contributed by atoms with van der Waals surface area (Å²) >= 11 is 0. The molecule has 2 heterocycles. The van der Waals surface area contributed by atoms with Gasteiger partial charge in [-0.15, -0.1) is 0 Å². The van der Waals surface area contributed by atoms with Crippen molar-refractivity contribution < 1.29 is 24.2 Å². The van der Waals surface area contributed by atoms with E-state index in [0.29, 0.717) is 31.0 Å². The van der Waals surface area contributed by atoms with Crippen LogP contribution in [0.2, 0.25) is 0 Å². The van der Waals surface area contributed by atoms with E-state index in [0.717, 1.165) is 48.3 Å². The van der Waals surface area contributed by atoms with Crippen LogP contribution >= 0.6 is 0 Å². The molecule has 2 aromatic carbocycles. The van der Waals surface area contributed by atoms with Gasteiger partial charge >= 0.3 is 5.97 Å². The van der Waals surface area contributed by atoms with Crippen molar-refractivity contribution in [2.45, 2.75) is 25.8 Å². The number of hydrogen-bond donors (Lipinski definition) is 2. The largest absolute Gasteiger partial charge is 0.481 e. The summed E-state index contributed by atoms with van der Waals surface area (Å²) in [4.78, 5) is 44.9. The Bertz CT molecular complexity index is 1340. The minimum absolute atomic E-state index is 0.0151. The molecule has 5 rings (SSSR count). The van der Waals surface area contributed by atoms with E-state index >= 15 is 0 Å². The Hall–Kier alpha value is -4.24. The second-order valence-corrected chi connectivity index (χ2v) is 9.90. The van der Waals surface area contributed by atoms with E-state index in [1.807, 2.05) is 42.5 Å². The number of carbonyl (C=O) groups excluding carboxylic acids is 2. The first-order chi connectivity index (χ1) is 19.0. The van der Waals surface area contributed by atoms with Gasteiger partial charge in [-0.05, 0) is 59.9 Å². The minimum atomic E-state index is -0.918. The van der Waals surface area contributed by atoms with E-state index in [2.05, 4.69) is 15.2 Å². The van der Waals surface area contributed by atoms with Crippen LogP contribution < -0.4 is 10.2 Å². The zero-order valence-electron chi connectivity index (χ0n) is 21.7. The smallest absolute Gasteiger partial charge is 0.305 e. The number of aromatic nitrogens is 1. The number of nitrogens with zero attached hydrogens (tertiary/aromatic N) is 3. The number of aliphatic carboxylic acids is 1. The maximum absolute atomic E-state index is 13.0. The topological polar surface area (TPSA) is 112 Å². The second-order valence-electron chi connectivity index (χ2n) is 9.90. The molecule has 1 saturated heterocycles. The molecule has 1 aromatic heterocycles. The van der Waals surface area contributed by atoms with E-state index in [1.54, 1.807) is 29.4 Å². The van der Waals surface area contributed by atoms with Gasteiger partial charge in [0.25, 0.3) is 5.91 Å². The van der Waals surface area contributed by atoms with Gasteiger partial charge in [-0.3, -0.25) is 19.4 Å². The number of carbonyl (C=O) groups is 3. The Labute approximate surface area is 227 Å². The first-order valence-corrected chi connectivity index (χ1v) is 13.3. The Morgan fingerprint density at radius 1 is 1.00 bits per heavy atom. The summed E-state index contributed by atoms with van der Waals surface area (Å²) < 4.78 is 5.52. The maximum Gasteiger partial charge on any atom is 0.305 e. The molecule has 0 unspecified atom stereocenters. The molecule has 1 saturated carbocycles. The summed E-state index contributed by atoms with van der Waals surface area (Å²) in [6.45, 7) is 3.25. The standard InChI is InChI=1S/C30H32N4O5/c35-28(36)10-13-34(30(38)23-4-5-23)20-21-2-1-3-24(18-21)25-6-7-27(33-14-16-39-17-15-33)26(19-25)32-29(37)22-8-11-31-12-9-22/h1-3,6-9,11-12,18-19,23H,4-5,10,13-17,20H2,(H,32,37)(H,35,36). The van der Waals surface area contributed by atoms with E-state index < -0.39 is 5.97 Å². The molecule has 0 bridgehead atoms. The summed E-state index contributed by atoms with van der Waals surface area (Å²) in [7, 11) is 0. The second kappa shape index (κ2) is 12.1. The zero-order valence-corrected chi connectivity index (χ0v) is 21.7. The van der Waals surface area contributed by atoms with Crippen molar-refractivity contribution in [2.75, 3.05) is 43.1 Å². The molecule has 3 aromatic rings. The summed E-state index contributed by atoms with van der Waals surface area (Å²) in [5, 5.41) is 12.2. The molecule has 9 heteroatoms. The van der Waals surface area contributed by atoms with Crippen molar-refractivity contribution >= 4 is 29.2 Å². The normalized spacial score (nSPS) is 15.0. The van der Waals surface area contributed by atoms with Gasteiger partial charge in [0.2, 0.25) is 5.91 Å². The van der Waals surface area contributed by atoms with Crippen LogP contribution in [0.1, 0.15) is 35.2 Å². The molecule has 0 spiro atoms. The molecule has 2 amide bonds. The van der Waals surface area contributed by atoms with Gasteiger partial charge in [0.15, 0.2) is 0 Å². The number of hydrogen-bond acceptors (Lipinski definition) is 6. The molecule has 0 radical (unpaired) electrons. The lowest BCUT2D eigenvalue weighted by molar-refractivity contribution is -0.139. The number of carboxylic acids is 1. The SMILES string of the molecule is O=C(O)CCN(Cc1cccc(-c2ccc(N3CCOCC3)c(NC(=O)c3ccncc3)c2)c1)C(=O)C1CC1. The number of pyridine rings is 1. The van der Waals surface area contributed by atoms with Crippen molar-refractivity contribution in [3.05, 3.63) is 78.1 Å². The Kier molecular flexibility index (Phi) is 8.17. The third-order valence-corrected chi connectivity index (χ3v) is 7.01. The van der Waals surface area contributed by atoms with Gasteiger partial charge in [0.05, 0.1) is 31.0 Å². The molecule has 9 nitrogen and oxygen atoms in total. The number of nitrogens with one attached hydrogen (secondary N) is 1. The van der Waals surface area contributed by atoms with Gasteiger partial charge in [-0.1, -0.05) is 24.3 Å². The Morgan fingerprint density at radius 2 is 1.74 bits per heavy atom. The van der Waals surface area contributed by atoms with Crippen LogP contribution in [0.15, 0.2) is 67.0 Å². The number of amides is 2. The minimum Gasteiger partial charge on any atom is -0.481 e. The zero-order chi connectivity index (χ0) is 27.2. The summed E-state index contributed by atoms with van der Waals surface area (Å²) in [6, 6.07) is 17.3. The molecule has 39 heavy (non-hydrogen) atoms. The lowest BCUT2D eigenvalue weighted by Crippen LogP contribution is -2.36. The fraction of sp³-hybridized carbons (Fsp3) is 0.333. The monoisotopic (exact) mass is 528 g/mol. The molecule has 1 aliphatic heterocycles. The van der Waals surface area contributed by atoms with Crippen LogP contribution in [0.25, 0.3) is 11.1 Å². The highest BCUT2D eigenvalue weighted by atomic mass is 16.5. The van der Waals surface area contributed by atoms with Crippen LogP contribution in [0.3, 0.4) is 0 Å². The fourth-order valence-corrected chi connectivity index (χ4v) is 4.75. The van der Waals surface area contributed by atoms with Crippen molar-refractivity contribution in [1.29, 1.82) is 0 Å². The predicted octanol–water partition coefficient (Wildman–Crippen LogP) is 4.05. The maximum atomic E-state index is 13.0. The number of anilines is 2. The molecular weight excluding hydrogens is 496 g/mol. The highest BCUT2D eigenvalue weighted by Gasteiger charge is 2.33. The molecule has 0 atom stereocenters. The first-order valence-electron chi connectivity index (χ1n) is 13.3. The number of rotatable bonds is 10. The lowest BCUT2D eigenvalue weighted by atomic mass is 10.0. The van der Waals surface area contributed by atoms with Crippen LogP contribution in [-0.4, -0.2) is 65.6 Å².